The molecular formula is C26H37N. The van der Waals surface area contributed by atoms with E-state index in [2.05, 4.69) is 67.8 Å². The normalized spacial score (nSPS) is 12.9. The van der Waals surface area contributed by atoms with Gasteiger partial charge in [0, 0.05) is 28.4 Å². The zero-order chi connectivity index (χ0) is 19.1. The van der Waals surface area contributed by atoms with Crippen LogP contribution in [-0.2, 0) is 13.0 Å². The van der Waals surface area contributed by atoms with Gasteiger partial charge in [0.1, 0.15) is 0 Å². The van der Waals surface area contributed by atoms with Crippen LogP contribution in [0.5, 0.6) is 0 Å². The Kier molecular flexibility index (Phi) is 7.38. The lowest BCUT2D eigenvalue weighted by Crippen LogP contribution is -1.99. The molecular weight excluding hydrogens is 326 g/mol. The molecule has 0 aliphatic rings. The molecule has 0 fully saturated rings. The SMILES string of the molecule is CCCCCCc1cccc2c1c1ccccc1n2CCCCC(C)CC. The van der Waals surface area contributed by atoms with Gasteiger partial charge in [-0.1, -0.05) is 89.6 Å². The van der Waals surface area contributed by atoms with Gasteiger partial charge in [-0.25, -0.2) is 0 Å². The van der Waals surface area contributed by atoms with Crippen LogP contribution in [0.3, 0.4) is 0 Å². The Bertz CT molecular complexity index is 842. The molecule has 1 unspecified atom stereocenters. The molecule has 0 radical (unpaired) electrons. The molecule has 0 N–H and O–H groups in total. The first-order valence-electron chi connectivity index (χ1n) is 11.2. The largest absolute Gasteiger partial charge is 0.340 e. The molecule has 3 rings (SSSR count). The number of nitrogens with zero attached hydrogens (tertiary/aromatic N) is 1. The maximum Gasteiger partial charge on any atom is 0.0494 e. The van der Waals surface area contributed by atoms with E-state index in [9.17, 15) is 0 Å². The van der Waals surface area contributed by atoms with E-state index in [4.69, 9.17) is 0 Å². The van der Waals surface area contributed by atoms with Crippen molar-refractivity contribution in [1.29, 1.82) is 0 Å². The van der Waals surface area contributed by atoms with Gasteiger partial charge >= 0.3 is 0 Å². The number of aryl methyl sites for hydroxylation is 2. The number of rotatable bonds is 11. The Balaban J connectivity index is 1.86. The van der Waals surface area contributed by atoms with Crippen LogP contribution in [0.2, 0.25) is 0 Å². The second-order valence-electron chi connectivity index (χ2n) is 8.30. The molecule has 0 aliphatic heterocycles. The van der Waals surface area contributed by atoms with Crippen molar-refractivity contribution in [2.24, 2.45) is 5.92 Å². The molecule has 1 nitrogen and oxygen atoms in total. The molecule has 27 heavy (non-hydrogen) atoms. The van der Waals surface area contributed by atoms with E-state index >= 15 is 0 Å². The molecule has 0 spiro atoms. The van der Waals surface area contributed by atoms with Gasteiger partial charge in [0.2, 0.25) is 0 Å². The first kappa shape index (κ1) is 20.0. The molecule has 3 aromatic rings. The highest BCUT2D eigenvalue weighted by Crippen LogP contribution is 2.33. The van der Waals surface area contributed by atoms with Gasteiger partial charge in [0.05, 0.1) is 0 Å². The quantitative estimate of drug-likeness (QED) is 0.303. The molecule has 1 aromatic heterocycles. The molecule has 0 amide bonds. The van der Waals surface area contributed by atoms with Crippen LogP contribution < -0.4 is 0 Å². The van der Waals surface area contributed by atoms with Crippen LogP contribution in [0.25, 0.3) is 21.8 Å². The van der Waals surface area contributed by atoms with Crippen LogP contribution in [0.1, 0.15) is 77.7 Å². The van der Waals surface area contributed by atoms with Gasteiger partial charge in [-0.2, -0.15) is 0 Å². The number of hydrogen-bond acceptors (Lipinski definition) is 0. The average molecular weight is 364 g/mol. The fourth-order valence-corrected chi connectivity index (χ4v) is 4.33. The summed E-state index contributed by atoms with van der Waals surface area (Å²) in [5.74, 6) is 0.859. The molecule has 0 aliphatic carbocycles. The Morgan fingerprint density at radius 1 is 0.815 bits per heavy atom. The predicted molar refractivity (Wildman–Crippen MR) is 121 cm³/mol. The van der Waals surface area contributed by atoms with Gasteiger partial charge < -0.3 is 4.57 Å². The van der Waals surface area contributed by atoms with Crippen molar-refractivity contribution < 1.29 is 0 Å². The lowest BCUT2D eigenvalue weighted by atomic mass is 10.0. The number of fused-ring (bicyclic) bond motifs is 3. The molecule has 0 saturated heterocycles. The van der Waals surface area contributed by atoms with Gasteiger partial charge in [-0.05, 0) is 42.9 Å². The molecule has 0 bridgehead atoms. The van der Waals surface area contributed by atoms with Crippen LogP contribution >= 0.6 is 0 Å². The van der Waals surface area contributed by atoms with E-state index in [-0.39, 0.29) is 0 Å². The first-order valence-corrected chi connectivity index (χ1v) is 11.2. The minimum Gasteiger partial charge on any atom is -0.340 e. The highest BCUT2D eigenvalue weighted by molar-refractivity contribution is 6.09. The van der Waals surface area contributed by atoms with E-state index in [0.29, 0.717) is 0 Å². The van der Waals surface area contributed by atoms with Crippen LogP contribution in [0.15, 0.2) is 42.5 Å². The Hall–Kier alpha value is -1.76. The molecule has 1 heterocycles. The minimum absolute atomic E-state index is 0.859. The Morgan fingerprint density at radius 3 is 2.44 bits per heavy atom. The fourth-order valence-electron chi connectivity index (χ4n) is 4.33. The monoisotopic (exact) mass is 363 g/mol. The smallest absolute Gasteiger partial charge is 0.0494 e. The maximum absolute atomic E-state index is 2.58. The molecule has 146 valence electrons. The van der Waals surface area contributed by atoms with E-state index < -0.39 is 0 Å². The van der Waals surface area contributed by atoms with Gasteiger partial charge in [-0.15, -0.1) is 0 Å². The number of unbranched alkanes of at least 4 members (excludes halogenated alkanes) is 4. The van der Waals surface area contributed by atoms with Crippen molar-refractivity contribution in [2.45, 2.75) is 85.1 Å². The summed E-state index contributed by atoms with van der Waals surface area (Å²) in [7, 11) is 0. The molecule has 1 atom stereocenters. The van der Waals surface area contributed by atoms with Gasteiger partial charge in [0.15, 0.2) is 0 Å². The number of hydrogen-bond donors (Lipinski definition) is 0. The summed E-state index contributed by atoms with van der Waals surface area (Å²) in [5.41, 5.74) is 4.39. The van der Waals surface area contributed by atoms with Crippen LogP contribution in [0, 0.1) is 5.92 Å². The van der Waals surface area contributed by atoms with E-state index in [1.807, 2.05) is 0 Å². The van der Waals surface area contributed by atoms with Crippen molar-refractivity contribution in [3.63, 3.8) is 0 Å². The topological polar surface area (TPSA) is 4.93 Å². The minimum atomic E-state index is 0.859. The maximum atomic E-state index is 2.58. The van der Waals surface area contributed by atoms with Crippen LogP contribution in [0.4, 0.5) is 0 Å². The summed E-state index contributed by atoms with van der Waals surface area (Å²) in [6, 6.07) is 16.0. The summed E-state index contributed by atoms with van der Waals surface area (Å²) < 4.78 is 2.58. The van der Waals surface area contributed by atoms with E-state index in [1.54, 1.807) is 0 Å². The van der Waals surface area contributed by atoms with Crippen molar-refractivity contribution in [1.82, 2.24) is 4.57 Å². The highest BCUT2D eigenvalue weighted by Gasteiger charge is 2.13. The summed E-state index contributed by atoms with van der Waals surface area (Å²) in [4.78, 5) is 0. The zero-order valence-electron chi connectivity index (χ0n) is 17.6. The number of benzene rings is 2. The summed E-state index contributed by atoms with van der Waals surface area (Å²) in [5, 5.41) is 2.95. The molecule has 1 heteroatoms. The zero-order valence-corrected chi connectivity index (χ0v) is 17.6. The summed E-state index contributed by atoms with van der Waals surface area (Å²) in [6.45, 7) is 8.11. The summed E-state index contributed by atoms with van der Waals surface area (Å²) >= 11 is 0. The third-order valence-corrected chi connectivity index (χ3v) is 6.21. The van der Waals surface area contributed by atoms with Crippen molar-refractivity contribution in [3.05, 3.63) is 48.0 Å². The van der Waals surface area contributed by atoms with E-state index in [0.717, 1.165) is 12.5 Å². The van der Waals surface area contributed by atoms with Gasteiger partial charge in [-0.3, -0.25) is 0 Å². The van der Waals surface area contributed by atoms with Crippen molar-refractivity contribution in [2.75, 3.05) is 0 Å². The van der Waals surface area contributed by atoms with Crippen molar-refractivity contribution >= 4 is 21.8 Å². The average Bonchev–Trinajstić information content (AvgIpc) is 3.03. The number of para-hydroxylation sites is 1. The molecule has 0 saturated carbocycles. The highest BCUT2D eigenvalue weighted by atomic mass is 15.0. The lowest BCUT2D eigenvalue weighted by molar-refractivity contribution is 0.472. The second kappa shape index (κ2) is 9.97. The van der Waals surface area contributed by atoms with Crippen LogP contribution in [-0.4, -0.2) is 4.57 Å². The molecule has 2 aromatic carbocycles. The fraction of sp³-hybridized carbons (Fsp3) is 0.538. The second-order valence-corrected chi connectivity index (χ2v) is 8.30. The third kappa shape index (κ3) is 4.75. The third-order valence-electron chi connectivity index (χ3n) is 6.21. The van der Waals surface area contributed by atoms with Crippen molar-refractivity contribution in [3.8, 4) is 0 Å². The van der Waals surface area contributed by atoms with Gasteiger partial charge in [0.25, 0.3) is 0 Å². The van der Waals surface area contributed by atoms with E-state index in [1.165, 1.54) is 85.2 Å². The lowest BCUT2D eigenvalue weighted by Gasteiger charge is -2.10. The number of aromatic nitrogens is 1. The Morgan fingerprint density at radius 2 is 1.63 bits per heavy atom. The predicted octanol–water partition coefficient (Wildman–Crippen LogP) is 8.13. The standard InChI is InChI=1S/C26H37N/c1-4-6-7-8-15-22-16-13-19-25-26(22)23-17-9-10-18-24(23)27(25)20-12-11-14-21(3)5-2/h9-10,13,16-19,21H,4-8,11-12,14-15,20H2,1-3H3. The Labute approximate surface area is 165 Å². The first-order chi connectivity index (χ1) is 13.3. The summed E-state index contributed by atoms with van der Waals surface area (Å²) in [6.07, 6.45) is 11.8.